The molecule has 0 aliphatic carbocycles. The number of hydrogen-bond acceptors (Lipinski definition) is 5. The number of sulfonamides is 1. The van der Waals surface area contributed by atoms with Gasteiger partial charge in [0.2, 0.25) is 10.0 Å². The van der Waals surface area contributed by atoms with Gasteiger partial charge < -0.3 is 14.1 Å². The van der Waals surface area contributed by atoms with Crippen LogP contribution in [0.15, 0.2) is 45.9 Å². The Morgan fingerprint density at radius 3 is 2.62 bits per heavy atom. The maximum atomic E-state index is 12.5. The van der Waals surface area contributed by atoms with Crippen molar-refractivity contribution >= 4 is 15.9 Å². The molecule has 2 aromatic rings. The number of benzene rings is 1. The molecule has 0 saturated heterocycles. The van der Waals surface area contributed by atoms with Gasteiger partial charge >= 0.3 is 0 Å². The fraction of sp³-hybridized carbons (Fsp3) is 0.312. The highest BCUT2D eigenvalue weighted by Crippen LogP contribution is 2.25. The Morgan fingerprint density at radius 1 is 1.29 bits per heavy atom. The summed E-state index contributed by atoms with van der Waals surface area (Å²) < 4.78 is 37.9. The summed E-state index contributed by atoms with van der Waals surface area (Å²) in [6.07, 6.45) is 1.95. The van der Waals surface area contributed by atoms with E-state index in [2.05, 4.69) is 4.72 Å². The van der Waals surface area contributed by atoms with E-state index < -0.39 is 10.0 Å². The molecule has 1 N–H and O–H groups in total. The van der Waals surface area contributed by atoms with Crippen LogP contribution in [0, 0.1) is 0 Å². The average Bonchev–Trinajstić information content (AvgIpc) is 3.06. The summed E-state index contributed by atoms with van der Waals surface area (Å²) in [5.74, 6) is 0.571. The summed E-state index contributed by atoms with van der Waals surface area (Å²) in [6, 6.07) is 7.83. The van der Waals surface area contributed by atoms with Gasteiger partial charge in [-0.1, -0.05) is 0 Å². The molecule has 0 aliphatic rings. The second kappa shape index (κ2) is 7.50. The Balaban J connectivity index is 2.23. The fourth-order valence-corrected chi connectivity index (χ4v) is 3.34. The zero-order valence-electron chi connectivity index (χ0n) is 13.8. The molecular weight excluding hydrogens is 332 g/mol. The molecule has 0 bridgehead atoms. The number of amides is 1. The maximum Gasteiger partial charge on any atom is 0.253 e. The van der Waals surface area contributed by atoms with E-state index in [0.29, 0.717) is 12.2 Å². The quantitative estimate of drug-likeness (QED) is 0.816. The van der Waals surface area contributed by atoms with Gasteiger partial charge in [-0.25, -0.2) is 13.1 Å². The number of nitrogens with zero attached hydrogens (tertiary/aromatic N) is 1. The second-order valence-electron chi connectivity index (χ2n) is 5.29. The largest absolute Gasteiger partial charge is 0.495 e. The second-order valence-corrected chi connectivity index (χ2v) is 7.03. The lowest BCUT2D eigenvalue weighted by molar-refractivity contribution is 0.0827. The van der Waals surface area contributed by atoms with Crippen LogP contribution in [0.5, 0.6) is 5.75 Å². The van der Waals surface area contributed by atoms with Gasteiger partial charge in [0.15, 0.2) is 0 Å². The predicted molar refractivity (Wildman–Crippen MR) is 88.6 cm³/mol. The summed E-state index contributed by atoms with van der Waals surface area (Å²) in [5, 5.41) is 0. The van der Waals surface area contributed by atoms with E-state index in [4.69, 9.17) is 9.15 Å². The monoisotopic (exact) mass is 352 g/mol. The van der Waals surface area contributed by atoms with Crippen molar-refractivity contribution in [3.8, 4) is 5.75 Å². The van der Waals surface area contributed by atoms with Crippen LogP contribution in [0.2, 0.25) is 0 Å². The fourth-order valence-electron chi connectivity index (χ4n) is 2.12. The van der Waals surface area contributed by atoms with Gasteiger partial charge in [0.05, 0.1) is 13.4 Å². The van der Waals surface area contributed by atoms with Gasteiger partial charge in [0.25, 0.3) is 5.91 Å². The Kier molecular flexibility index (Phi) is 5.63. The Morgan fingerprint density at radius 2 is 2.04 bits per heavy atom. The molecule has 130 valence electrons. The molecule has 1 amide bonds. The molecule has 0 saturated carbocycles. The lowest BCUT2D eigenvalue weighted by Gasteiger charge is -2.14. The molecule has 0 fully saturated rings. The first-order valence-electron chi connectivity index (χ1n) is 7.27. The number of methoxy groups -OCH3 is 1. The molecule has 0 atom stereocenters. The van der Waals surface area contributed by atoms with Crippen LogP contribution in [-0.4, -0.2) is 47.0 Å². The number of rotatable bonds is 7. The van der Waals surface area contributed by atoms with Crippen molar-refractivity contribution in [2.75, 3.05) is 27.7 Å². The standard InChI is InChI=1S/C16H20N2O5S/c1-18(2)16(19)12-6-7-14(22-3)15(11-12)24(20,21)17-9-8-13-5-4-10-23-13/h4-7,10-11,17H,8-9H2,1-3H3. The van der Waals surface area contributed by atoms with Gasteiger partial charge in [0.1, 0.15) is 16.4 Å². The molecule has 1 aromatic heterocycles. The Hall–Kier alpha value is -2.32. The molecule has 0 aliphatic heterocycles. The first-order chi connectivity index (χ1) is 11.3. The van der Waals surface area contributed by atoms with Crippen LogP contribution in [0.4, 0.5) is 0 Å². The van der Waals surface area contributed by atoms with Crippen molar-refractivity contribution in [3.63, 3.8) is 0 Å². The molecule has 1 aromatic carbocycles. The van der Waals surface area contributed by atoms with Crippen molar-refractivity contribution in [2.24, 2.45) is 0 Å². The Bertz CT molecular complexity index is 798. The molecule has 0 radical (unpaired) electrons. The lowest BCUT2D eigenvalue weighted by Crippen LogP contribution is -2.27. The average molecular weight is 352 g/mol. The van der Waals surface area contributed by atoms with E-state index in [1.54, 1.807) is 26.2 Å². The summed E-state index contributed by atoms with van der Waals surface area (Å²) in [6.45, 7) is 0.171. The third-order valence-corrected chi connectivity index (χ3v) is 4.83. The first-order valence-corrected chi connectivity index (χ1v) is 8.75. The normalized spacial score (nSPS) is 11.3. The summed E-state index contributed by atoms with van der Waals surface area (Å²) in [4.78, 5) is 13.4. The van der Waals surface area contributed by atoms with Gasteiger partial charge in [-0.05, 0) is 30.3 Å². The summed E-state index contributed by atoms with van der Waals surface area (Å²) >= 11 is 0. The van der Waals surface area contributed by atoms with Crippen LogP contribution >= 0.6 is 0 Å². The molecular formula is C16H20N2O5S. The van der Waals surface area contributed by atoms with E-state index >= 15 is 0 Å². The van der Waals surface area contributed by atoms with E-state index in [1.807, 2.05) is 0 Å². The highest BCUT2D eigenvalue weighted by Gasteiger charge is 2.22. The van der Waals surface area contributed by atoms with Crippen molar-refractivity contribution in [2.45, 2.75) is 11.3 Å². The molecule has 7 nitrogen and oxygen atoms in total. The van der Waals surface area contributed by atoms with Crippen LogP contribution in [0.25, 0.3) is 0 Å². The van der Waals surface area contributed by atoms with Crippen LogP contribution < -0.4 is 9.46 Å². The van der Waals surface area contributed by atoms with Crippen molar-refractivity contribution in [3.05, 3.63) is 47.9 Å². The van der Waals surface area contributed by atoms with Crippen molar-refractivity contribution < 1.29 is 22.4 Å². The maximum absolute atomic E-state index is 12.5. The van der Waals surface area contributed by atoms with Crippen molar-refractivity contribution in [1.29, 1.82) is 0 Å². The topological polar surface area (TPSA) is 88.8 Å². The number of carbonyl (C=O) groups is 1. The Labute approximate surface area is 141 Å². The first kappa shape index (κ1) is 18.0. The lowest BCUT2D eigenvalue weighted by atomic mass is 10.2. The van der Waals surface area contributed by atoms with E-state index in [9.17, 15) is 13.2 Å². The van der Waals surface area contributed by atoms with Crippen LogP contribution in [0.3, 0.4) is 0 Å². The molecule has 24 heavy (non-hydrogen) atoms. The number of furan rings is 1. The van der Waals surface area contributed by atoms with Gasteiger partial charge in [-0.15, -0.1) is 0 Å². The van der Waals surface area contributed by atoms with Gasteiger partial charge in [-0.2, -0.15) is 0 Å². The minimum atomic E-state index is -3.83. The highest BCUT2D eigenvalue weighted by molar-refractivity contribution is 7.89. The highest BCUT2D eigenvalue weighted by atomic mass is 32.2. The third-order valence-electron chi connectivity index (χ3n) is 3.35. The molecule has 2 rings (SSSR count). The molecule has 0 unspecified atom stereocenters. The van der Waals surface area contributed by atoms with E-state index in [0.717, 1.165) is 0 Å². The predicted octanol–water partition coefficient (Wildman–Crippen LogP) is 1.51. The molecule has 1 heterocycles. The summed E-state index contributed by atoms with van der Waals surface area (Å²) in [7, 11) is 0.753. The van der Waals surface area contributed by atoms with Gasteiger partial charge in [-0.3, -0.25) is 4.79 Å². The number of ether oxygens (including phenoxy) is 1. The van der Waals surface area contributed by atoms with E-state index in [1.165, 1.54) is 36.5 Å². The number of hydrogen-bond donors (Lipinski definition) is 1. The van der Waals surface area contributed by atoms with Crippen LogP contribution in [-0.2, 0) is 16.4 Å². The third kappa shape index (κ3) is 4.15. The SMILES string of the molecule is COc1ccc(C(=O)N(C)C)cc1S(=O)(=O)NCCc1ccco1. The zero-order chi connectivity index (χ0) is 17.7. The van der Waals surface area contributed by atoms with Crippen molar-refractivity contribution in [1.82, 2.24) is 9.62 Å². The van der Waals surface area contributed by atoms with Gasteiger partial charge in [0, 0.05) is 32.6 Å². The molecule has 8 heteroatoms. The summed E-state index contributed by atoms with van der Waals surface area (Å²) in [5.41, 5.74) is 0.271. The smallest absolute Gasteiger partial charge is 0.253 e. The minimum Gasteiger partial charge on any atom is -0.495 e. The molecule has 0 spiro atoms. The zero-order valence-corrected chi connectivity index (χ0v) is 14.6. The van der Waals surface area contributed by atoms with Crippen LogP contribution in [0.1, 0.15) is 16.1 Å². The van der Waals surface area contributed by atoms with E-state index in [-0.39, 0.29) is 28.7 Å². The minimum absolute atomic E-state index is 0.0721. The number of carbonyl (C=O) groups excluding carboxylic acids is 1. The number of nitrogens with one attached hydrogen (secondary N) is 1.